The van der Waals surface area contributed by atoms with Gasteiger partial charge in [-0.1, -0.05) is 43.9 Å². The number of amides is 2. The first-order valence-electron chi connectivity index (χ1n) is 11.5. The van der Waals surface area contributed by atoms with Crippen molar-refractivity contribution < 1.29 is 27.9 Å². The van der Waals surface area contributed by atoms with E-state index in [1.165, 1.54) is 19.1 Å². The summed E-state index contributed by atoms with van der Waals surface area (Å²) < 4.78 is 27.5. The van der Waals surface area contributed by atoms with Crippen molar-refractivity contribution in [3.63, 3.8) is 0 Å². The topological polar surface area (TPSA) is 133 Å². The number of nitrogens with zero attached hydrogens (tertiary/aromatic N) is 1. The molecule has 2 amide bonds. The van der Waals surface area contributed by atoms with Crippen LogP contribution in [0.3, 0.4) is 0 Å². The van der Waals surface area contributed by atoms with Gasteiger partial charge in [0.05, 0.1) is 10.9 Å². The van der Waals surface area contributed by atoms with E-state index in [2.05, 4.69) is 10.0 Å². The predicted octanol–water partition coefficient (Wildman–Crippen LogP) is 2.05. The molecule has 1 heterocycles. The third-order valence-corrected chi connectivity index (χ3v) is 7.48. The number of likely N-dealkylation sites (tertiary alicyclic amines) is 1. The summed E-state index contributed by atoms with van der Waals surface area (Å²) in [5.41, 5.74) is 0.931. The largest absolute Gasteiger partial charge is 0.480 e. The lowest BCUT2D eigenvalue weighted by Crippen LogP contribution is -2.51. The molecule has 1 aliphatic rings. The van der Waals surface area contributed by atoms with Gasteiger partial charge in [0, 0.05) is 19.0 Å². The Balaban J connectivity index is 1.87. The Morgan fingerprint density at radius 1 is 1.12 bits per heavy atom. The van der Waals surface area contributed by atoms with Crippen molar-refractivity contribution in [1.29, 1.82) is 0 Å². The molecule has 3 N–H and O–H groups in total. The van der Waals surface area contributed by atoms with E-state index in [9.17, 15) is 27.9 Å². The second-order valence-corrected chi connectivity index (χ2v) is 10.4. The lowest BCUT2D eigenvalue weighted by atomic mass is 9.95. The molecule has 184 valence electrons. The summed E-state index contributed by atoms with van der Waals surface area (Å²) in [6.45, 7) is 5.99. The highest BCUT2D eigenvalue weighted by molar-refractivity contribution is 7.89. The summed E-state index contributed by atoms with van der Waals surface area (Å²) in [6.07, 6.45) is 3.80. The number of hydrogen-bond donors (Lipinski definition) is 3. The third kappa shape index (κ3) is 7.82. The number of hydrogen-bond acceptors (Lipinski definition) is 5. The number of carbonyl (C=O) groups excluding carboxylic acids is 2. The van der Waals surface area contributed by atoms with Gasteiger partial charge in [0.15, 0.2) is 0 Å². The molecule has 1 saturated heterocycles. The molecule has 0 radical (unpaired) electrons. The van der Waals surface area contributed by atoms with E-state index < -0.39 is 28.1 Å². The summed E-state index contributed by atoms with van der Waals surface area (Å²) in [7, 11) is -3.83. The van der Waals surface area contributed by atoms with E-state index >= 15 is 0 Å². The van der Waals surface area contributed by atoms with Gasteiger partial charge in [-0.05, 0) is 45.2 Å². The van der Waals surface area contributed by atoms with Crippen LogP contribution in [-0.2, 0) is 24.4 Å². The molecule has 1 aromatic carbocycles. The van der Waals surface area contributed by atoms with Crippen LogP contribution in [0.5, 0.6) is 0 Å². The molecule has 2 rings (SSSR count). The molecule has 1 unspecified atom stereocenters. The Labute approximate surface area is 196 Å². The fraction of sp³-hybridized carbons (Fsp3) is 0.609. The number of carboxylic acid groups (broad SMARTS) is 1. The second-order valence-electron chi connectivity index (χ2n) is 8.65. The number of rotatable bonds is 11. The molecular formula is C23H35N3O6S. The van der Waals surface area contributed by atoms with Crippen LogP contribution in [0.25, 0.3) is 0 Å². The van der Waals surface area contributed by atoms with Gasteiger partial charge >= 0.3 is 5.97 Å². The van der Waals surface area contributed by atoms with Crippen molar-refractivity contribution in [2.45, 2.75) is 76.3 Å². The molecule has 0 aromatic heterocycles. The van der Waals surface area contributed by atoms with Gasteiger partial charge in [-0.2, -0.15) is 4.72 Å². The average Bonchev–Trinajstić information content (AvgIpc) is 2.77. The van der Waals surface area contributed by atoms with Crippen LogP contribution in [0, 0.1) is 12.8 Å². The summed E-state index contributed by atoms with van der Waals surface area (Å²) in [6, 6.07) is 4.51. The number of benzene rings is 1. The molecule has 1 aromatic rings. The molecule has 1 aliphatic heterocycles. The normalized spacial score (nSPS) is 16.8. The molecule has 0 aliphatic carbocycles. The smallest absolute Gasteiger partial charge is 0.326 e. The Hall–Kier alpha value is -2.46. The number of aryl methyl sites for hydroxylation is 1. The lowest BCUT2D eigenvalue weighted by Gasteiger charge is -2.33. The Morgan fingerprint density at radius 2 is 1.73 bits per heavy atom. The van der Waals surface area contributed by atoms with E-state index in [4.69, 9.17) is 0 Å². The van der Waals surface area contributed by atoms with Crippen LogP contribution >= 0.6 is 0 Å². The van der Waals surface area contributed by atoms with Crippen molar-refractivity contribution >= 4 is 27.8 Å². The number of carboxylic acids is 1. The summed E-state index contributed by atoms with van der Waals surface area (Å²) in [5, 5.41) is 12.0. The van der Waals surface area contributed by atoms with Crippen LogP contribution in [0.2, 0.25) is 0 Å². The van der Waals surface area contributed by atoms with E-state index in [-0.39, 0.29) is 22.6 Å². The number of sulfonamides is 1. The number of nitrogens with one attached hydrogen (secondary N) is 2. The number of unbranched alkanes of at least 4 members (excludes halogenated alkanes) is 2. The van der Waals surface area contributed by atoms with Gasteiger partial charge in [-0.3, -0.25) is 9.59 Å². The minimum Gasteiger partial charge on any atom is -0.480 e. The second kappa shape index (κ2) is 12.1. The Kier molecular flexibility index (Phi) is 9.85. The Morgan fingerprint density at radius 3 is 2.27 bits per heavy atom. The molecule has 1 fully saturated rings. The fourth-order valence-electron chi connectivity index (χ4n) is 3.85. The van der Waals surface area contributed by atoms with Crippen LogP contribution in [0.15, 0.2) is 29.2 Å². The quantitative estimate of drug-likeness (QED) is 0.414. The highest BCUT2D eigenvalue weighted by atomic mass is 32.2. The molecule has 33 heavy (non-hydrogen) atoms. The van der Waals surface area contributed by atoms with Crippen molar-refractivity contribution in [1.82, 2.24) is 14.9 Å². The predicted molar refractivity (Wildman–Crippen MR) is 124 cm³/mol. The van der Waals surface area contributed by atoms with Crippen molar-refractivity contribution in [3.05, 3.63) is 29.8 Å². The molecule has 10 heteroatoms. The maximum absolute atomic E-state index is 12.8. The van der Waals surface area contributed by atoms with Crippen molar-refractivity contribution in [3.8, 4) is 0 Å². The van der Waals surface area contributed by atoms with Crippen molar-refractivity contribution in [2.75, 3.05) is 13.1 Å². The van der Waals surface area contributed by atoms with Gasteiger partial charge < -0.3 is 15.3 Å². The molecule has 9 nitrogen and oxygen atoms in total. The van der Waals surface area contributed by atoms with E-state index in [0.717, 1.165) is 24.8 Å². The van der Waals surface area contributed by atoms with Gasteiger partial charge in [0.1, 0.15) is 6.04 Å². The number of carbonyl (C=O) groups is 3. The SMILES string of the molecule is CCCCCC(NC(=O)C1CCN(C(=O)[C@H](C)NS(=O)(=O)c2ccc(C)cc2)CC1)C(=O)O. The maximum Gasteiger partial charge on any atom is 0.326 e. The molecule has 2 atom stereocenters. The first kappa shape index (κ1) is 26.8. The minimum absolute atomic E-state index is 0.0926. The van der Waals surface area contributed by atoms with Crippen LogP contribution in [0.4, 0.5) is 0 Å². The van der Waals surface area contributed by atoms with Gasteiger partial charge in [0.25, 0.3) is 0 Å². The van der Waals surface area contributed by atoms with Gasteiger partial charge in [0.2, 0.25) is 21.8 Å². The maximum atomic E-state index is 12.8. The molecule has 0 saturated carbocycles. The average molecular weight is 482 g/mol. The summed E-state index contributed by atoms with van der Waals surface area (Å²) in [5.74, 6) is -2.07. The monoisotopic (exact) mass is 481 g/mol. The van der Waals surface area contributed by atoms with E-state index in [1.54, 1.807) is 17.0 Å². The molecule has 0 spiro atoms. The van der Waals surface area contributed by atoms with Gasteiger partial charge in [-0.25, -0.2) is 13.2 Å². The molecule has 0 bridgehead atoms. The first-order valence-corrected chi connectivity index (χ1v) is 12.9. The number of piperidine rings is 1. The zero-order valence-electron chi connectivity index (χ0n) is 19.5. The van der Waals surface area contributed by atoms with Crippen molar-refractivity contribution in [2.24, 2.45) is 5.92 Å². The highest BCUT2D eigenvalue weighted by Crippen LogP contribution is 2.19. The zero-order chi connectivity index (χ0) is 24.6. The minimum atomic E-state index is -3.83. The van der Waals surface area contributed by atoms with E-state index in [1.807, 2.05) is 13.8 Å². The standard InChI is InChI=1S/C23H35N3O6S/c1-4-5-6-7-20(23(29)30)24-21(27)18-12-14-26(15-13-18)22(28)17(3)25-33(31,32)19-10-8-16(2)9-11-19/h8-11,17-18,20,25H,4-7,12-15H2,1-3H3,(H,24,27)(H,29,30)/t17-,20?/m0/s1. The first-order chi connectivity index (χ1) is 15.5. The summed E-state index contributed by atoms with van der Waals surface area (Å²) >= 11 is 0. The van der Waals surface area contributed by atoms with Crippen LogP contribution in [0.1, 0.15) is 57.9 Å². The lowest BCUT2D eigenvalue weighted by molar-refractivity contribution is -0.143. The van der Waals surface area contributed by atoms with Crippen LogP contribution in [-0.4, -0.2) is 61.4 Å². The molecular weight excluding hydrogens is 446 g/mol. The number of aliphatic carboxylic acids is 1. The van der Waals surface area contributed by atoms with Gasteiger partial charge in [-0.15, -0.1) is 0 Å². The Bertz CT molecular complexity index is 924. The highest BCUT2D eigenvalue weighted by Gasteiger charge is 2.32. The zero-order valence-corrected chi connectivity index (χ0v) is 20.4. The third-order valence-electron chi connectivity index (χ3n) is 5.92. The van der Waals surface area contributed by atoms with E-state index in [0.29, 0.717) is 32.4 Å². The summed E-state index contributed by atoms with van der Waals surface area (Å²) in [4.78, 5) is 38.4. The van der Waals surface area contributed by atoms with Crippen LogP contribution < -0.4 is 10.0 Å². The fourth-order valence-corrected chi connectivity index (χ4v) is 5.05.